The molecule has 0 fully saturated rings. The van der Waals surface area contributed by atoms with E-state index in [1.807, 2.05) is 13.0 Å². The first-order valence-electron chi connectivity index (χ1n) is 6.51. The molecule has 1 N–H and O–H groups in total. The zero-order valence-corrected chi connectivity index (χ0v) is 13.8. The second-order valence-corrected chi connectivity index (χ2v) is 6.71. The van der Waals surface area contributed by atoms with E-state index < -0.39 is 10.0 Å². The van der Waals surface area contributed by atoms with E-state index in [1.165, 1.54) is 13.2 Å². The molecule has 0 heterocycles. The number of sulfonamides is 1. The number of anilines is 1. The summed E-state index contributed by atoms with van der Waals surface area (Å²) >= 11 is 5.79. The third-order valence-corrected chi connectivity index (χ3v) is 4.17. The van der Waals surface area contributed by atoms with Gasteiger partial charge in [-0.2, -0.15) is 0 Å². The van der Waals surface area contributed by atoms with Gasteiger partial charge in [0.15, 0.2) is 0 Å². The van der Waals surface area contributed by atoms with Crippen molar-refractivity contribution in [2.75, 3.05) is 11.8 Å². The van der Waals surface area contributed by atoms with Crippen LogP contribution >= 0.6 is 11.6 Å². The standard InChI is InChI=1S/C16H16ClNO3S/c1-12-3-8-16(21-2)15(11-12)18-22(19,20)10-9-13-4-6-14(17)7-5-13/h3-11,18H,1-2H3/b10-9+. The molecule has 4 nitrogen and oxygen atoms in total. The van der Waals surface area contributed by atoms with E-state index in [0.29, 0.717) is 16.5 Å². The lowest BCUT2D eigenvalue weighted by molar-refractivity contribution is 0.417. The number of halogens is 1. The van der Waals surface area contributed by atoms with Crippen molar-refractivity contribution < 1.29 is 13.2 Å². The highest BCUT2D eigenvalue weighted by molar-refractivity contribution is 7.95. The lowest BCUT2D eigenvalue weighted by atomic mass is 10.2. The Balaban J connectivity index is 2.21. The maximum absolute atomic E-state index is 12.1. The van der Waals surface area contributed by atoms with Crippen molar-refractivity contribution in [2.45, 2.75) is 6.92 Å². The summed E-state index contributed by atoms with van der Waals surface area (Å²) in [6.07, 6.45) is 1.50. The molecular weight excluding hydrogens is 322 g/mol. The average molecular weight is 338 g/mol. The van der Waals surface area contributed by atoms with Gasteiger partial charge in [0.05, 0.1) is 18.2 Å². The summed E-state index contributed by atoms with van der Waals surface area (Å²) in [4.78, 5) is 0. The molecule has 0 saturated heterocycles. The number of ether oxygens (including phenoxy) is 1. The van der Waals surface area contributed by atoms with Crippen molar-refractivity contribution >= 4 is 33.4 Å². The van der Waals surface area contributed by atoms with Crippen LogP contribution < -0.4 is 9.46 Å². The van der Waals surface area contributed by atoms with Gasteiger partial charge in [0.2, 0.25) is 0 Å². The molecule has 22 heavy (non-hydrogen) atoms. The fourth-order valence-corrected chi connectivity index (χ4v) is 2.83. The summed E-state index contributed by atoms with van der Waals surface area (Å²) in [6.45, 7) is 1.88. The Morgan fingerprint density at radius 1 is 1.14 bits per heavy atom. The largest absolute Gasteiger partial charge is 0.495 e. The normalized spacial score (nSPS) is 11.6. The first-order valence-corrected chi connectivity index (χ1v) is 8.43. The highest BCUT2D eigenvalue weighted by Crippen LogP contribution is 2.26. The molecule has 0 bridgehead atoms. The maximum atomic E-state index is 12.1. The number of hydrogen-bond acceptors (Lipinski definition) is 3. The number of aryl methyl sites for hydroxylation is 1. The Morgan fingerprint density at radius 2 is 1.82 bits per heavy atom. The van der Waals surface area contributed by atoms with Gasteiger partial charge in [0.25, 0.3) is 10.0 Å². The van der Waals surface area contributed by atoms with Crippen LogP contribution in [0.5, 0.6) is 5.75 Å². The van der Waals surface area contributed by atoms with Gasteiger partial charge in [-0.3, -0.25) is 4.72 Å². The van der Waals surface area contributed by atoms with E-state index in [0.717, 1.165) is 16.5 Å². The molecule has 2 rings (SSSR count). The molecule has 0 saturated carbocycles. The first-order chi connectivity index (χ1) is 10.4. The van der Waals surface area contributed by atoms with Crippen molar-refractivity contribution in [1.29, 1.82) is 0 Å². The summed E-state index contributed by atoms with van der Waals surface area (Å²) in [5.41, 5.74) is 2.08. The maximum Gasteiger partial charge on any atom is 0.255 e. The van der Waals surface area contributed by atoms with Crippen LogP contribution in [0.2, 0.25) is 5.02 Å². The highest BCUT2D eigenvalue weighted by Gasteiger charge is 2.10. The molecule has 0 aliphatic heterocycles. The molecule has 0 unspecified atom stereocenters. The molecule has 0 aromatic heterocycles. The van der Waals surface area contributed by atoms with Crippen LogP contribution in [0.15, 0.2) is 47.9 Å². The second kappa shape index (κ2) is 6.85. The van der Waals surface area contributed by atoms with Crippen LogP contribution in [0.4, 0.5) is 5.69 Å². The Hall–Kier alpha value is -1.98. The topological polar surface area (TPSA) is 55.4 Å². The van der Waals surface area contributed by atoms with Crippen LogP contribution in [0, 0.1) is 6.92 Å². The Morgan fingerprint density at radius 3 is 2.45 bits per heavy atom. The van der Waals surface area contributed by atoms with E-state index >= 15 is 0 Å². The van der Waals surface area contributed by atoms with Crippen molar-refractivity contribution in [1.82, 2.24) is 0 Å². The molecule has 116 valence electrons. The van der Waals surface area contributed by atoms with E-state index in [-0.39, 0.29) is 0 Å². The number of methoxy groups -OCH3 is 1. The van der Waals surface area contributed by atoms with Gasteiger partial charge in [0, 0.05) is 5.02 Å². The van der Waals surface area contributed by atoms with Crippen LogP contribution in [0.25, 0.3) is 6.08 Å². The number of hydrogen-bond donors (Lipinski definition) is 1. The minimum atomic E-state index is -3.64. The minimum Gasteiger partial charge on any atom is -0.495 e. The fraction of sp³-hybridized carbons (Fsp3) is 0.125. The smallest absolute Gasteiger partial charge is 0.255 e. The molecule has 0 atom stereocenters. The fourth-order valence-electron chi connectivity index (χ4n) is 1.83. The van der Waals surface area contributed by atoms with Gasteiger partial charge in [-0.05, 0) is 48.4 Å². The zero-order chi connectivity index (χ0) is 16.2. The van der Waals surface area contributed by atoms with E-state index in [4.69, 9.17) is 16.3 Å². The molecule has 0 aliphatic carbocycles. The van der Waals surface area contributed by atoms with Crippen molar-refractivity contribution in [3.63, 3.8) is 0 Å². The molecule has 0 radical (unpaired) electrons. The van der Waals surface area contributed by atoms with E-state index in [9.17, 15) is 8.42 Å². The molecule has 0 aliphatic rings. The van der Waals surface area contributed by atoms with Gasteiger partial charge in [-0.1, -0.05) is 29.8 Å². The van der Waals surface area contributed by atoms with Gasteiger partial charge in [-0.15, -0.1) is 0 Å². The van der Waals surface area contributed by atoms with Gasteiger partial charge < -0.3 is 4.74 Å². The van der Waals surface area contributed by atoms with E-state index in [1.54, 1.807) is 36.4 Å². The van der Waals surface area contributed by atoms with Crippen molar-refractivity contribution in [3.8, 4) is 5.75 Å². The highest BCUT2D eigenvalue weighted by atomic mass is 35.5. The predicted octanol–water partition coefficient (Wildman–Crippen LogP) is 4.07. The molecule has 2 aromatic carbocycles. The molecular formula is C16H16ClNO3S. The molecule has 2 aromatic rings. The lowest BCUT2D eigenvalue weighted by Crippen LogP contribution is -2.10. The third-order valence-electron chi connectivity index (χ3n) is 2.92. The predicted molar refractivity (Wildman–Crippen MR) is 90.8 cm³/mol. The van der Waals surface area contributed by atoms with Crippen LogP contribution in [-0.4, -0.2) is 15.5 Å². The summed E-state index contributed by atoms with van der Waals surface area (Å²) in [7, 11) is -2.14. The summed E-state index contributed by atoms with van der Waals surface area (Å²) < 4.78 is 31.9. The second-order valence-electron chi connectivity index (χ2n) is 4.71. The summed E-state index contributed by atoms with van der Waals surface area (Å²) in [5, 5.41) is 1.71. The summed E-state index contributed by atoms with van der Waals surface area (Å²) in [6, 6.07) is 12.2. The first kappa shape index (κ1) is 16.4. The quantitative estimate of drug-likeness (QED) is 0.894. The number of rotatable bonds is 5. The third kappa shape index (κ3) is 4.51. The number of nitrogens with one attached hydrogen (secondary N) is 1. The van der Waals surface area contributed by atoms with Crippen LogP contribution in [0.3, 0.4) is 0 Å². The Bertz CT molecular complexity index is 784. The van der Waals surface area contributed by atoms with E-state index in [2.05, 4.69) is 4.72 Å². The van der Waals surface area contributed by atoms with Gasteiger partial charge >= 0.3 is 0 Å². The van der Waals surface area contributed by atoms with Gasteiger partial charge in [0.1, 0.15) is 5.75 Å². The summed E-state index contributed by atoms with van der Waals surface area (Å²) in [5.74, 6) is 0.467. The average Bonchev–Trinajstić information content (AvgIpc) is 2.46. The lowest BCUT2D eigenvalue weighted by Gasteiger charge is -2.10. The molecule has 0 spiro atoms. The minimum absolute atomic E-state index is 0.406. The van der Waals surface area contributed by atoms with Crippen LogP contribution in [-0.2, 0) is 10.0 Å². The zero-order valence-electron chi connectivity index (χ0n) is 12.2. The SMILES string of the molecule is COc1ccc(C)cc1NS(=O)(=O)/C=C/c1ccc(Cl)cc1. The van der Waals surface area contributed by atoms with Gasteiger partial charge in [-0.25, -0.2) is 8.42 Å². The molecule has 6 heteroatoms. The molecule has 0 amide bonds. The Kier molecular flexibility index (Phi) is 5.11. The van der Waals surface area contributed by atoms with Crippen LogP contribution in [0.1, 0.15) is 11.1 Å². The Labute approximate surface area is 135 Å². The van der Waals surface area contributed by atoms with Crippen molar-refractivity contribution in [3.05, 3.63) is 64.0 Å². The monoisotopic (exact) mass is 337 g/mol. The van der Waals surface area contributed by atoms with Crippen molar-refractivity contribution in [2.24, 2.45) is 0 Å². The number of benzene rings is 2.